The monoisotopic (exact) mass is 350 g/mol. The summed E-state index contributed by atoms with van der Waals surface area (Å²) in [6, 6.07) is 6.01. The minimum atomic E-state index is -3.18. The van der Waals surface area contributed by atoms with Crippen LogP contribution in [-0.4, -0.2) is 44.1 Å². The van der Waals surface area contributed by atoms with Gasteiger partial charge in [-0.15, -0.1) is 0 Å². The highest BCUT2D eigenvalue weighted by Crippen LogP contribution is 2.24. The number of hydrogen-bond acceptors (Lipinski definition) is 3. The topological polar surface area (TPSA) is 66.5 Å². The number of benzene rings is 1. The molecule has 0 saturated carbocycles. The predicted molar refractivity (Wildman–Crippen MR) is 94.6 cm³/mol. The van der Waals surface area contributed by atoms with Gasteiger partial charge in [-0.05, 0) is 61.8 Å². The fourth-order valence-electron chi connectivity index (χ4n) is 3.67. The Morgan fingerprint density at radius 3 is 2.62 bits per heavy atom. The van der Waals surface area contributed by atoms with Gasteiger partial charge in [-0.1, -0.05) is 13.0 Å². The summed E-state index contributed by atoms with van der Waals surface area (Å²) in [4.78, 5) is 14.5. The number of fused-ring (bicyclic) bond motifs is 1. The molecular formula is C18H26N2O3S. The first-order valence-electron chi connectivity index (χ1n) is 8.89. The molecule has 0 radical (unpaired) electrons. The summed E-state index contributed by atoms with van der Waals surface area (Å²) in [5, 5.41) is 0. The number of rotatable bonds is 5. The Morgan fingerprint density at radius 1 is 1.21 bits per heavy atom. The molecule has 1 heterocycles. The van der Waals surface area contributed by atoms with E-state index in [0.717, 1.165) is 18.4 Å². The summed E-state index contributed by atoms with van der Waals surface area (Å²) >= 11 is 0. The summed E-state index contributed by atoms with van der Waals surface area (Å²) in [5.41, 5.74) is 3.44. The minimum absolute atomic E-state index is 0.0504. The summed E-state index contributed by atoms with van der Waals surface area (Å²) < 4.78 is 26.5. The molecule has 1 aromatic carbocycles. The summed E-state index contributed by atoms with van der Waals surface area (Å²) in [5.74, 6) is 0.237. The van der Waals surface area contributed by atoms with Gasteiger partial charge in [0.05, 0.1) is 5.75 Å². The average molecular weight is 350 g/mol. The minimum Gasteiger partial charge on any atom is -0.339 e. The van der Waals surface area contributed by atoms with Crippen molar-refractivity contribution >= 4 is 15.9 Å². The number of nitrogens with zero attached hydrogens (tertiary/aromatic N) is 1. The highest BCUT2D eigenvalue weighted by Gasteiger charge is 2.26. The lowest BCUT2D eigenvalue weighted by molar-refractivity contribution is 0.0711. The van der Waals surface area contributed by atoms with Crippen LogP contribution in [0.5, 0.6) is 0 Å². The maximum absolute atomic E-state index is 12.7. The van der Waals surface area contributed by atoms with E-state index in [2.05, 4.69) is 10.8 Å². The summed E-state index contributed by atoms with van der Waals surface area (Å²) in [6.45, 7) is 3.07. The zero-order valence-corrected chi connectivity index (χ0v) is 15.1. The molecule has 0 atom stereocenters. The molecule has 5 nitrogen and oxygen atoms in total. The molecule has 1 N–H and O–H groups in total. The standard InChI is InChI=1S/C18H26N2O3S/c1-2-12-24(22,23)19-17-8-10-20(11-9-17)18(21)16-7-6-14-4-3-5-15(14)13-16/h6-7,13,17,19H,2-5,8-12H2,1H3. The van der Waals surface area contributed by atoms with E-state index in [-0.39, 0.29) is 17.7 Å². The molecule has 0 bridgehead atoms. The van der Waals surface area contributed by atoms with Gasteiger partial charge in [0.1, 0.15) is 0 Å². The Hall–Kier alpha value is -1.40. The van der Waals surface area contributed by atoms with Gasteiger partial charge in [-0.2, -0.15) is 0 Å². The van der Waals surface area contributed by atoms with Crippen LogP contribution in [0.15, 0.2) is 18.2 Å². The molecule has 0 spiro atoms. The SMILES string of the molecule is CCCS(=O)(=O)NC1CCN(C(=O)c2ccc3c(c2)CCC3)CC1. The Kier molecular flexibility index (Phi) is 5.25. The highest BCUT2D eigenvalue weighted by atomic mass is 32.2. The fraction of sp³-hybridized carbons (Fsp3) is 0.611. The largest absolute Gasteiger partial charge is 0.339 e. The lowest BCUT2D eigenvalue weighted by Crippen LogP contribution is -2.47. The van der Waals surface area contributed by atoms with Gasteiger partial charge in [-0.3, -0.25) is 4.79 Å². The van der Waals surface area contributed by atoms with E-state index in [4.69, 9.17) is 0 Å². The molecule has 132 valence electrons. The van der Waals surface area contributed by atoms with Crippen molar-refractivity contribution in [1.29, 1.82) is 0 Å². The molecule has 0 unspecified atom stereocenters. The number of likely N-dealkylation sites (tertiary alicyclic amines) is 1. The first kappa shape index (κ1) is 17.4. The van der Waals surface area contributed by atoms with Crippen molar-refractivity contribution in [3.05, 3.63) is 34.9 Å². The van der Waals surface area contributed by atoms with Crippen LogP contribution in [0.2, 0.25) is 0 Å². The Bertz CT molecular complexity index is 707. The third-order valence-electron chi connectivity index (χ3n) is 4.95. The van der Waals surface area contributed by atoms with E-state index in [1.165, 1.54) is 17.5 Å². The molecule has 1 amide bonds. The third kappa shape index (κ3) is 3.98. The molecule has 0 aromatic heterocycles. The Labute approximate surface area is 144 Å². The molecule has 6 heteroatoms. The molecule has 1 aliphatic carbocycles. The number of piperidine rings is 1. The second kappa shape index (κ2) is 7.23. The summed E-state index contributed by atoms with van der Waals surface area (Å²) in [7, 11) is -3.18. The normalized spacial score (nSPS) is 18.6. The van der Waals surface area contributed by atoms with Crippen LogP contribution >= 0.6 is 0 Å². The number of amides is 1. The summed E-state index contributed by atoms with van der Waals surface area (Å²) in [6.07, 6.45) is 5.34. The van der Waals surface area contributed by atoms with Gasteiger partial charge >= 0.3 is 0 Å². The number of sulfonamides is 1. The van der Waals surface area contributed by atoms with Crippen LogP contribution in [0.1, 0.15) is 54.1 Å². The Morgan fingerprint density at radius 2 is 1.92 bits per heavy atom. The van der Waals surface area contributed by atoms with Crippen LogP contribution in [0.3, 0.4) is 0 Å². The number of aryl methyl sites for hydroxylation is 2. The van der Waals surface area contributed by atoms with Crippen molar-refractivity contribution in [3.8, 4) is 0 Å². The quantitative estimate of drug-likeness (QED) is 0.884. The van der Waals surface area contributed by atoms with E-state index in [1.807, 2.05) is 24.0 Å². The average Bonchev–Trinajstić information content (AvgIpc) is 3.02. The van der Waals surface area contributed by atoms with E-state index >= 15 is 0 Å². The van der Waals surface area contributed by atoms with Crippen molar-refractivity contribution in [3.63, 3.8) is 0 Å². The maximum Gasteiger partial charge on any atom is 0.253 e. The van der Waals surface area contributed by atoms with Gasteiger partial charge in [-0.25, -0.2) is 13.1 Å². The number of carbonyl (C=O) groups is 1. The maximum atomic E-state index is 12.7. The van der Waals surface area contributed by atoms with Gasteiger partial charge in [0, 0.05) is 24.7 Å². The second-order valence-electron chi connectivity index (χ2n) is 6.84. The molecule has 3 rings (SSSR count). The smallest absolute Gasteiger partial charge is 0.253 e. The number of carbonyl (C=O) groups excluding carboxylic acids is 1. The van der Waals surface area contributed by atoms with E-state index in [0.29, 0.717) is 32.4 Å². The molecule has 1 aliphatic heterocycles. The molecule has 1 fully saturated rings. The van der Waals surface area contributed by atoms with Crippen LogP contribution < -0.4 is 4.72 Å². The van der Waals surface area contributed by atoms with Crippen molar-refractivity contribution in [2.75, 3.05) is 18.8 Å². The molecular weight excluding hydrogens is 324 g/mol. The fourth-order valence-corrected chi connectivity index (χ4v) is 5.07. The molecule has 1 saturated heterocycles. The van der Waals surface area contributed by atoms with Crippen LogP contribution in [0.4, 0.5) is 0 Å². The van der Waals surface area contributed by atoms with Crippen LogP contribution in [0, 0.1) is 0 Å². The lowest BCUT2D eigenvalue weighted by Gasteiger charge is -2.32. The van der Waals surface area contributed by atoms with Crippen molar-refractivity contribution in [1.82, 2.24) is 9.62 Å². The van der Waals surface area contributed by atoms with E-state index in [9.17, 15) is 13.2 Å². The first-order valence-corrected chi connectivity index (χ1v) is 10.5. The number of nitrogens with one attached hydrogen (secondary N) is 1. The second-order valence-corrected chi connectivity index (χ2v) is 8.71. The highest BCUT2D eigenvalue weighted by molar-refractivity contribution is 7.89. The van der Waals surface area contributed by atoms with Crippen LogP contribution in [-0.2, 0) is 22.9 Å². The number of hydrogen-bond donors (Lipinski definition) is 1. The van der Waals surface area contributed by atoms with Gasteiger partial charge in [0.2, 0.25) is 10.0 Å². The van der Waals surface area contributed by atoms with Crippen LogP contribution in [0.25, 0.3) is 0 Å². The van der Waals surface area contributed by atoms with Crippen molar-refractivity contribution < 1.29 is 13.2 Å². The van der Waals surface area contributed by atoms with E-state index in [1.54, 1.807) is 0 Å². The van der Waals surface area contributed by atoms with Crippen molar-refractivity contribution in [2.45, 2.75) is 51.5 Å². The van der Waals surface area contributed by atoms with Gasteiger partial charge < -0.3 is 4.90 Å². The zero-order chi connectivity index (χ0) is 17.2. The van der Waals surface area contributed by atoms with Crippen molar-refractivity contribution in [2.24, 2.45) is 0 Å². The molecule has 2 aliphatic rings. The Balaban J connectivity index is 1.57. The van der Waals surface area contributed by atoms with E-state index < -0.39 is 10.0 Å². The third-order valence-corrected chi connectivity index (χ3v) is 6.58. The van der Waals surface area contributed by atoms with Gasteiger partial charge in [0.15, 0.2) is 0 Å². The molecule has 1 aromatic rings. The zero-order valence-electron chi connectivity index (χ0n) is 14.3. The molecule has 24 heavy (non-hydrogen) atoms. The van der Waals surface area contributed by atoms with Gasteiger partial charge in [0.25, 0.3) is 5.91 Å². The predicted octanol–water partition coefficient (Wildman–Crippen LogP) is 2.11. The first-order chi connectivity index (χ1) is 11.5. The lowest BCUT2D eigenvalue weighted by atomic mass is 10.0.